The van der Waals surface area contributed by atoms with Gasteiger partial charge in [-0.25, -0.2) is 0 Å². The van der Waals surface area contributed by atoms with E-state index in [0.717, 1.165) is 70.6 Å². The molecule has 0 aliphatic heterocycles. The van der Waals surface area contributed by atoms with Crippen molar-refractivity contribution >= 4 is 11.9 Å². The molecule has 0 aliphatic carbocycles. The molecule has 6 nitrogen and oxygen atoms in total. The number of hydrogen-bond acceptors (Lipinski definition) is 5. The van der Waals surface area contributed by atoms with Gasteiger partial charge in [0.05, 0.1) is 25.2 Å². The van der Waals surface area contributed by atoms with Gasteiger partial charge in [-0.1, -0.05) is 274 Å². The molecule has 0 aliphatic rings. The summed E-state index contributed by atoms with van der Waals surface area (Å²) in [4.78, 5) is 26.2. The molecule has 64 heavy (non-hydrogen) atoms. The van der Waals surface area contributed by atoms with Crippen molar-refractivity contribution < 1.29 is 24.5 Å². The highest BCUT2D eigenvalue weighted by Crippen LogP contribution is 2.18. The average molecular weight is 896 g/mol. The summed E-state index contributed by atoms with van der Waals surface area (Å²) >= 11 is 0. The number of amides is 1. The number of hydrogen-bond donors (Lipinski definition) is 3. The highest BCUT2D eigenvalue weighted by Gasteiger charge is 2.24. The molecular weight excluding hydrogens is 791 g/mol. The van der Waals surface area contributed by atoms with Gasteiger partial charge in [0.15, 0.2) is 0 Å². The van der Waals surface area contributed by atoms with Crippen molar-refractivity contribution in [2.75, 3.05) is 6.61 Å². The summed E-state index contributed by atoms with van der Waals surface area (Å²) in [7, 11) is 0. The molecule has 0 bridgehead atoms. The summed E-state index contributed by atoms with van der Waals surface area (Å²) in [5.74, 6) is -0.507. The second kappa shape index (κ2) is 51.5. The summed E-state index contributed by atoms with van der Waals surface area (Å²) in [6.45, 7) is 6.40. The van der Waals surface area contributed by atoms with Gasteiger partial charge in [-0.05, 0) is 44.9 Å². The minimum absolute atomic E-state index is 0.0506. The van der Waals surface area contributed by atoms with E-state index in [1.165, 1.54) is 154 Å². The van der Waals surface area contributed by atoms with Crippen LogP contribution in [0.3, 0.4) is 0 Å². The van der Waals surface area contributed by atoms with Gasteiger partial charge in [0, 0.05) is 6.42 Å². The van der Waals surface area contributed by atoms with Crippen LogP contribution in [0.25, 0.3) is 0 Å². The first-order chi connectivity index (χ1) is 31.5. The van der Waals surface area contributed by atoms with Crippen molar-refractivity contribution in [1.82, 2.24) is 5.32 Å². The maximum Gasteiger partial charge on any atom is 0.306 e. The first-order valence-corrected chi connectivity index (χ1v) is 27.6. The van der Waals surface area contributed by atoms with Crippen LogP contribution < -0.4 is 5.32 Å². The summed E-state index contributed by atoms with van der Waals surface area (Å²) in [5.41, 5.74) is 0. The van der Waals surface area contributed by atoms with E-state index in [9.17, 15) is 19.8 Å². The summed E-state index contributed by atoms with van der Waals surface area (Å²) in [6, 6.07) is -0.716. The van der Waals surface area contributed by atoms with Crippen LogP contribution in [-0.4, -0.2) is 46.9 Å². The Morgan fingerprint density at radius 2 is 0.828 bits per heavy atom. The molecule has 0 saturated carbocycles. The third-order valence-corrected chi connectivity index (χ3v) is 12.5. The van der Waals surface area contributed by atoms with E-state index in [2.05, 4.69) is 50.4 Å². The van der Waals surface area contributed by atoms with Crippen molar-refractivity contribution in [2.45, 2.75) is 289 Å². The molecule has 0 spiro atoms. The lowest BCUT2D eigenvalue weighted by Gasteiger charge is -2.24. The lowest BCUT2D eigenvalue weighted by molar-refractivity contribution is -0.151. The monoisotopic (exact) mass is 896 g/mol. The van der Waals surface area contributed by atoms with E-state index in [0.29, 0.717) is 19.3 Å². The first-order valence-electron chi connectivity index (χ1n) is 27.6. The zero-order valence-electron chi connectivity index (χ0n) is 42.4. The van der Waals surface area contributed by atoms with Crippen LogP contribution in [0.1, 0.15) is 271 Å². The molecule has 0 aromatic rings. The van der Waals surface area contributed by atoms with E-state index in [4.69, 9.17) is 4.74 Å². The molecule has 6 heteroatoms. The molecule has 0 radical (unpaired) electrons. The molecule has 3 N–H and O–H groups in total. The molecule has 0 saturated heterocycles. The summed E-state index contributed by atoms with van der Waals surface area (Å²) in [5, 5.41) is 23.8. The average Bonchev–Trinajstić information content (AvgIpc) is 3.29. The van der Waals surface area contributed by atoms with Crippen LogP contribution in [0.15, 0.2) is 60.8 Å². The van der Waals surface area contributed by atoms with Gasteiger partial charge in [-0.2, -0.15) is 0 Å². The lowest BCUT2D eigenvalue weighted by atomic mass is 10.0. The Kier molecular flexibility index (Phi) is 49.6. The fraction of sp³-hybridized carbons (Fsp3) is 0.793. The van der Waals surface area contributed by atoms with Crippen molar-refractivity contribution in [3.63, 3.8) is 0 Å². The van der Waals surface area contributed by atoms with Crippen LogP contribution in [-0.2, 0) is 14.3 Å². The third kappa shape index (κ3) is 46.1. The Hall–Kier alpha value is -2.44. The number of carbonyl (C=O) groups is 2. The van der Waals surface area contributed by atoms with E-state index < -0.39 is 18.2 Å². The molecule has 3 atom stereocenters. The molecule has 0 rings (SSSR count). The Labute approximate surface area is 397 Å². The zero-order valence-corrected chi connectivity index (χ0v) is 42.4. The number of aliphatic hydroxyl groups is 2. The predicted molar refractivity (Wildman–Crippen MR) is 278 cm³/mol. The highest BCUT2D eigenvalue weighted by molar-refractivity contribution is 5.77. The standard InChI is InChI=1S/C58H105NO5/c1-4-7-10-13-16-19-22-25-27-29-31-33-36-39-42-45-48-51-58(63)64-54(49-46-43-40-37-34-32-30-28-26-23-20-17-14-11-8-5-2)52-57(62)59-55(53-60)56(61)50-47-44-41-38-35-24-21-18-15-12-9-6-3/h11,14,17,20,23,26,28,30,32,34,54-56,60-61H,4-10,12-13,15-16,18-19,21-22,24-25,27,29,31,33,35-53H2,1-3H3,(H,59,62)/b14-11+,20-17+,26-23+,30-28+,34-32+. The molecule has 0 aromatic heterocycles. The lowest BCUT2D eigenvalue weighted by Crippen LogP contribution is -2.46. The van der Waals surface area contributed by atoms with Crippen molar-refractivity contribution in [2.24, 2.45) is 0 Å². The second-order valence-electron chi connectivity index (χ2n) is 18.8. The Morgan fingerprint density at radius 1 is 0.453 bits per heavy atom. The van der Waals surface area contributed by atoms with Gasteiger partial charge in [-0.3, -0.25) is 9.59 Å². The fourth-order valence-electron chi connectivity index (χ4n) is 8.29. The van der Waals surface area contributed by atoms with Crippen molar-refractivity contribution in [3.8, 4) is 0 Å². The van der Waals surface area contributed by atoms with E-state index in [-0.39, 0.29) is 24.9 Å². The van der Waals surface area contributed by atoms with E-state index in [1.54, 1.807) is 0 Å². The maximum atomic E-state index is 13.2. The number of carbonyl (C=O) groups excluding carboxylic acids is 2. The van der Waals surface area contributed by atoms with Crippen molar-refractivity contribution in [1.29, 1.82) is 0 Å². The Bertz CT molecular complexity index is 1140. The van der Waals surface area contributed by atoms with Crippen LogP contribution in [0.2, 0.25) is 0 Å². The van der Waals surface area contributed by atoms with Crippen LogP contribution in [0, 0.1) is 0 Å². The van der Waals surface area contributed by atoms with E-state index in [1.807, 2.05) is 36.5 Å². The molecule has 0 fully saturated rings. The minimum atomic E-state index is -0.800. The number of unbranched alkanes of at least 4 members (excludes halogenated alkanes) is 31. The maximum absolute atomic E-state index is 13.2. The van der Waals surface area contributed by atoms with Crippen molar-refractivity contribution in [3.05, 3.63) is 60.8 Å². The van der Waals surface area contributed by atoms with Gasteiger partial charge in [-0.15, -0.1) is 0 Å². The highest BCUT2D eigenvalue weighted by atomic mass is 16.5. The largest absolute Gasteiger partial charge is 0.462 e. The normalized spacial score (nSPS) is 13.6. The molecule has 0 heterocycles. The van der Waals surface area contributed by atoms with Gasteiger partial charge in [0.25, 0.3) is 0 Å². The fourth-order valence-corrected chi connectivity index (χ4v) is 8.29. The number of esters is 1. The second-order valence-corrected chi connectivity index (χ2v) is 18.8. The topological polar surface area (TPSA) is 95.9 Å². The van der Waals surface area contributed by atoms with Gasteiger partial charge in [0.1, 0.15) is 6.10 Å². The smallest absolute Gasteiger partial charge is 0.306 e. The SMILES string of the molecule is CCC/C=C/C=C/C=C/C=C/C=C/CCCCCC(CC(=O)NC(CO)C(O)CCCCCCCCCCCCCC)OC(=O)CCCCCCCCCCCCCCCCCCC. The predicted octanol–water partition coefficient (Wildman–Crippen LogP) is 16.8. The van der Waals surface area contributed by atoms with Gasteiger partial charge < -0.3 is 20.3 Å². The number of nitrogens with one attached hydrogen (secondary N) is 1. The Morgan fingerprint density at radius 3 is 1.27 bits per heavy atom. The molecule has 0 aromatic carbocycles. The number of allylic oxidation sites excluding steroid dienone is 10. The number of ether oxygens (including phenoxy) is 1. The zero-order chi connectivity index (χ0) is 46.7. The summed E-state index contributed by atoms with van der Waals surface area (Å²) < 4.78 is 5.94. The van der Waals surface area contributed by atoms with Gasteiger partial charge in [0.2, 0.25) is 5.91 Å². The first kappa shape index (κ1) is 61.6. The van der Waals surface area contributed by atoms with Crippen LogP contribution >= 0.6 is 0 Å². The van der Waals surface area contributed by atoms with E-state index >= 15 is 0 Å². The molecule has 3 unspecified atom stereocenters. The van der Waals surface area contributed by atoms with Crippen LogP contribution in [0.5, 0.6) is 0 Å². The van der Waals surface area contributed by atoms with Gasteiger partial charge >= 0.3 is 5.97 Å². The Balaban J connectivity index is 4.64. The number of aliphatic hydroxyl groups excluding tert-OH is 2. The summed E-state index contributed by atoms with van der Waals surface area (Å²) in [6.07, 6.45) is 64.2. The molecular formula is C58H105NO5. The quantitative estimate of drug-likeness (QED) is 0.0321. The number of rotatable bonds is 49. The van der Waals surface area contributed by atoms with Crippen LogP contribution in [0.4, 0.5) is 0 Å². The molecule has 1 amide bonds. The third-order valence-electron chi connectivity index (χ3n) is 12.5. The minimum Gasteiger partial charge on any atom is -0.462 e. The molecule has 372 valence electrons.